The van der Waals surface area contributed by atoms with Crippen LogP contribution in [-0.4, -0.2) is 24.7 Å². The summed E-state index contributed by atoms with van der Waals surface area (Å²) < 4.78 is 5.37. The van der Waals surface area contributed by atoms with Gasteiger partial charge in [-0.15, -0.1) is 0 Å². The van der Waals surface area contributed by atoms with E-state index in [2.05, 4.69) is 36.1 Å². The molecule has 2 nitrogen and oxygen atoms in total. The Kier molecular flexibility index (Phi) is 3.99. The van der Waals surface area contributed by atoms with E-state index in [0.717, 1.165) is 11.4 Å². The summed E-state index contributed by atoms with van der Waals surface area (Å²) in [6, 6.07) is 6.90. The van der Waals surface area contributed by atoms with Crippen LogP contribution in [0.1, 0.15) is 18.4 Å². The fourth-order valence-corrected chi connectivity index (χ4v) is 3.10. The van der Waals surface area contributed by atoms with Crippen molar-refractivity contribution in [1.29, 1.82) is 0 Å². The zero-order valence-electron chi connectivity index (χ0n) is 9.95. The SMILES string of the molecule is COc1ccc(C)cc1NC1CCSCC1. The van der Waals surface area contributed by atoms with E-state index in [0.29, 0.717) is 6.04 Å². The molecule has 0 atom stereocenters. The first-order valence-corrected chi connectivity index (χ1v) is 6.94. The molecule has 1 aliphatic rings. The van der Waals surface area contributed by atoms with Crippen LogP contribution >= 0.6 is 11.8 Å². The zero-order chi connectivity index (χ0) is 11.4. The third-order valence-corrected chi connectivity index (χ3v) is 3.98. The molecule has 1 saturated heterocycles. The number of nitrogens with one attached hydrogen (secondary N) is 1. The van der Waals surface area contributed by atoms with Gasteiger partial charge >= 0.3 is 0 Å². The highest BCUT2D eigenvalue weighted by molar-refractivity contribution is 7.99. The van der Waals surface area contributed by atoms with Crippen LogP contribution in [0.5, 0.6) is 5.75 Å². The van der Waals surface area contributed by atoms with Gasteiger partial charge in [-0.2, -0.15) is 11.8 Å². The summed E-state index contributed by atoms with van der Waals surface area (Å²) in [4.78, 5) is 0. The number of anilines is 1. The van der Waals surface area contributed by atoms with Gasteiger partial charge in [0.05, 0.1) is 12.8 Å². The predicted octanol–water partition coefficient (Wildman–Crippen LogP) is 3.31. The Labute approximate surface area is 102 Å². The summed E-state index contributed by atoms with van der Waals surface area (Å²) in [7, 11) is 1.73. The largest absolute Gasteiger partial charge is 0.495 e. The van der Waals surface area contributed by atoms with Gasteiger partial charge in [0.15, 0.2) is 0 Å². The Bertz CT molecular complexity index is 348. The van der Waals surface area contributed by atoms with E-state index < -0.39 is 0 Å². The van der Waals surface area contributed by atoms with Crippen molar-refractivity contribution in [3.63, 3.8) is 0 Å². The van der Waals surface area contributed by atoms with Gasteiger partial charge in [0, 0.05) is 6.04 Å². The average molecular weight is 237 g/mol. The summed E-state index contributed by atoms with van der Waals surface area (Å²) in [6.45, 7) is 2.11. The first-order chi connectivity index (χ1) is 7.79. The monoisotopic (exact) mass is 237 g/mol. The maximum Gasteiger partial charge on any atom is 0.141 e. The highest BCUT2D eigenvalue weighted by atomic mass is 32.2. The summed E-state index contributed by atoms with van der Waals surface area (Å²) in [5, 5.41) is 3.60. The first-order valence-electron chi connectivity index (χ1n) is 5.78. The molecule has 1 heterocycles. The lowest BCUT2D eigenvalue weighted by atomic mass is 10.1. The molecule has 0 spiro atoms. The van der Waals surface area contributed by atoms with Gasteiger partial charge in [-0.25, -0.2) is 0 Å². The van der Waals surface area contributed by atoms with Crippen molar-refractivity contribution in [1.82, 2.24) is 0 Å². The molecule has 1 aromatic carbocycles. The lowest BCUT2D eigenvalue weighted by molar-refractivity contribution is 0.415. The van der Waals surface area contributed by atoms with Crippen LogP contribution in [0, 0.1) is 6.92 Å². The van der Waals surface area contributed by atoms with E-state index in [1.54, 1.807) is 7.11 Å². The number of hydrogen-bond acceptors (Lipinski definition) is 3. The Morgan fingerprint density at radius 2 is 2.06 bits per heavy atom. The van der Waals surface area contributed by atoms with E-state index in [1.807, 2.05) is 6.07 Å². The van der Waals surface area contributed by atoms with Crippen LogP contribution in [-0.2, 0) is 0 Å². The van der Waals surface area contributed by atoms with Crippen molar-refractivity contribution in [3.05, 3.63) is 23.8 Å². The third kappa shape index (κ3) is 2.85. The maximum atomic E-state index is 5.37. The second-order valence-electron chi connectivity index (χ2n) is 4.23. The predicted molar refractivity (Wildman–Crippen MR) is 71.7 cm³/mol. The molecule has 0 radical (unpaired) electrons. The van der Waals surface area contributed by atoms with Crippen molar-refractivity contribution in [2.45, 2.75) is 25.8 Å². The number of hydrogen-bond donors (Lipinski definition) is 1. The van der Waals surface area contributed by atoms with E-state index >= 15 is 0 Å². The molecule has 3 heteroatoms. The van der Waals surface area contributed by atoms with E-state index in [-0.39, 0.29) is 0 Å². The summed E-state index contributed by atoms with van der Waals surface area (Å²) in [6.07, 6.45) is 2.50. The van der Waals surface area contributed by atoms with E-state index in [4.69, 9.17) is 4.74 Å². The van der Waals surface area contributed by atoms with E-state index in [9.17, 15) is 0 Å². The molecule has 1 N–H and O–H groups in total. The Morgan fingerprint density at radius 1 is 1.31 bits per heavy atom. The molecule has 0 aromatic heterocycles. The second-order valence-corrected chi connectivity index (χ2v) is 5.46. The highest BCUT2D eigenvalue weighted by Crippen LogP contribution is 2.28. The summed E-state index contributed by atoms with van der Waals surface area (Å²) >= 11 is 2.05. The highest BCUT2D eigenvalue weighted by Gasteiger charge is 2.14. The minimum absolute atomic E-state index is 0.608. The standard InChI is InChI=1S/C13H19NOS/c1-10-3-4-13(15-2)12(9-10)14-11-5-7-16-8-6-11/h3-4,9,11,14H,5-8H2,1-2H3. The molecular formula is C13H19NOS. The molecule has 1 aromatic rings. The lowest BCUT2D eigenvalue weighted by Crippen LogP contribution is -2.24. The van der Waals surface area contributed by atoms with Crippen molar-refractivity contribution in [2.75, 3.05) is 23.9 Å². The Balaban J connectivity index is 2.09. The number of thioether (sulfide) groups is 1. The average Bonchev–Trinajstić information content (AvgIpc) is 2.31. The molecule has 0 unspecified atom stereocenters. The maximum absolute atomic E-state index is 5.37. The quantitative estimate of drug-likeness (QED) is 0.871. The summed E-state index contributed by atoms with van der Waals surface area (Å²) in [5.41, 5.74) is 2.41. The van der Waals surface area contributed by atoms with Crippen molar-refractivity contribution in [3.8, 4) is 5.75 Å². The van der Waals surface area contributed by atoms with Crippen LogP contribution in [0.3, 0.4) is 0 Å². The molecule has 1 fully saturated rings. The number of benzene rings is 1. The first kappa shape index (κ1) is 11.6. The third-order valence-electron chi connectivity index (χ3n) is 2.94. The van der Waals surface area contributed by atoms with Crippen LogP contribution in [0.15, 0.2) is 18.2 Å². The van der Waals surface area contributed by atoms with Crippen molar-refractivity contribution < 1.29 is 4.74 Å². The fourth-order valence-electron chi connectivity index (χ4n) is 2.00. The van der Waals surface area contributed by atoms with Gasteiger partial charge in [0.2, 0.25) is 0 Å². The summed E-state index contributed by atoms with van der Waals surface area (Å²) in [5.74, 6) is 3.49. The zero-order valence-corrected chi connectivity index (χ0v) is 10.8. The fraction of sp³-hybridized carbons (Fsp3) is 0.538. The molecule has 16 heavy (non-hydrogen) atoms. The van der Waals surface area contributed by atoms with Gasteiger partial charge in [0.25, 0.3) is 0 Å². The number of ether oxygens (including phenoxy) is 1. The van der Waals surface area contributed by atoms with Crippen LogP contribution < -0.4 is 10.1 Å². The molecule has 1 aliphatic heterocycles. The van der Waals surface area contributed by atoms with Gasteiger partial charge in [-0.3, -0.25) is 0 Å². The van der Waals surface area contributed by atoms with Crippen molar-refractivity contribution >= 4 is 17.4 Å². The molecule has 0 bridgehead atoms. The Hall–Kier alpha value is -0.830. The van der Waals surface area contributed by atoms with Crippen molar-refractivity contribution in [2.24, 2.45) is 0 Å². The van der Waals surface area contributed by atoms with Crippen LogP contribution in [0.25, 0.3) is 0 Å². The molecule has 0 amide bonds. The molecule has 0 aliphatic carbocycles. The minimum atomic E-state index is 0.608. The smallest absolute Gasteiger partial charge is 0.141 e. The minimum Gasteiger partial charge on any atom is -0.495 e. The van der Waals surface area contributed by atoms with Gasteiger partial charge in [-0.05, 0) is 49.0 Å². The molecule has 2 rings (SSSR count). The normalized spacial score (nSPS) is 17.1. The second kappa shape index (κ2) is 5.48. The van der Waals surface area contributed by atoms with Crippen LogP contribution in [0.4, 0.5) is 5.69 Å². The van der Waals surface area contributed by atoms with Crippen LogP contribution in [0.2, 0.25) is 0 Å². The lowest BCUT2D eigenvalue weighted by Gasteiger charge is -2.24. The number of aryl methyl sites for hydroxylation is 1. The number of methoxy groups -OCH3 is 1. The topological polar surface area (TPSA) is 21.3 Å². The number of rotatable bonds is 3. The molecular weight excluding hydrogens is 218 g/mol. The van der Waals surface area contributed by atoms with Gasteiger partial charge in [0.1, 0.15) is 5.75 Å². The van der Waals surface area contributed by atoms with Gasteiger partial charge in [-0.1, -0.05) is 6.07 Å². The Morgan fingerprint density at radius 3 is 2.75 bits per heavy atom. The molecule has 88 valence electrons. The van der Waals surface area contributed by atoms with Gasteiger partial charge < -0.3 is 10.1 Å². The van der Waals surface area contributed by atoms with E-state index in [1.165, 1.54) is 29.9 Å². The molecule has 0 saturated carbocycles.